The van der Waals surface area contributed by atoms with Crippen molar-refractivity contribution < 1.29 is 0 Å². The van der Waals surface area contributed by atoms with E-state index >= 15 is 0 Å². The summed E-state index contributed by atoms with van der Waals surface area (Å²) in [4.78, 5) is 0. The highest BCUT2D eigenvalue weighted by molar-refractivity contribution is 5.66. The van der Waals surface area contributed by atoms with Gasteiger partial charge in [-0.1, -0.05) is 56.5 Å². The highest BCUT2D eigenvalue weighted by atomic mass is 14.2. The van der Waals surface area contributed by atoms with Gasteiger partial charge in [0.05, 0.1) is 0 Å². The van der Waals surface area contributed by atoms with Crippen molar-refractivity contribution in [2.75, 3.05) is 0 Å². The second-order valence-corrected chi connectivity index (χ2v) is 4.82. The average Bonchev–Trinajstić information content (AvgIpc) is 2.70. The average molecular weight is 214 g/mol. The Balaban J connectivity index is 2.17. The van der Waals surface area contributed by atoms with Crippen LogP contribution in [0.25, 0.3) is 6.08 Å². The summed E-state index contributed by atoms with van der Waals surface area (Å²) in [6.45, 7) is 4.53. The lowest BCUT2D eigenvalue weighted by molar-refractivity contribution is 0.779. The van der Waals surface area contributed by atoms with E-state index in [0.29, 0.717) is 0 Å². The topological polar surface area (TPSA) is 0 Å². The number of fused-ring (bicyclic) bond motifs is 1. The SMILES string of the molecule is CCCCC1=Cc2c(CCC)cccc2C1. The molecule has 0 nitrogen and oxygen atoms in total. The zero-order valence-corrected chi connectivity index (χ0v) is 10.6. The summed E-state index contributed by atoms with van der Waals surface area (Å²) < 4.78 is 0. The van der Waals surface area contributed by atoms with Crippen molar-refractivity contribution in [3.8, 4) is 0 Å². The normalized spacial score (nSPS) is 13.8. The number of rotatable bonds is 5. The van der Waals surface area contributed by atoms with Crippen LogP contribution in [0.15, 0.2) is 23.8 Å². The largest absolute Gasteiger partial charge is 0.0654 e. The molecule has 1 aromatic carbocycles. The molecule has 0 amide bonds. The van der Waals surface area contributed by atoms with Crippen LogP contribution in [0.1, 0.15) is 56.2 Å². The van der Waals surface area contributed by atoms with E-state index < -0.39 is 0 Å². The van der Waals surface area contributed by atoms with Crippen LogP contribution in [0, 0.1) is 0 Å². The lowest BCUT2D eigenvalue weighted by atomic mass is 10.00. The minimum atomic E-state index is 1.20. The van der Waals surface area contributed by atoms with E-state index in [1.807, 2.05) is 0 Å². The van der Waals surface area contributed by atoms with Crippen LogP contribution < -0.4 is 0 Å². The Labute approximate surface area is 99.4 Å². The number of allylic oxidation sites excluding steroid dienone is 1. The first-order valence-corrected chi connectivity index (χ1v) is 6.65. The predicted molar refractivity (Wildman–Crippen MR) is 71.6 cm³/mol. The monoisotopic (exact) mass is 214 g/mol. The van der Waals surface area contributed by atoms with Gasteiger partial charge in [-0.05, 0) is 42.4 Å². The van der Waals surface area contributed by atoms with Crippen LogP contribution in [0.3, 0.4) is 0 Å². The molecule has 0 heterocycles. The van der Waals surface area contributed by atoms with Crippen LogP contribution in [0.5, 0.6) is 0 Å². The van der Waals surface area contributed by atoms with Gasteiger partial charge in [0.25, 0.3) is 0 Å². The van der Waals surface area contributed by atoms with E-state index in [4.69, 9.17) is 0 Å². The van der Waals surface area contributed by atoms with Gasteiger partial charge in [-0.25, -0.2) is 0 Å². The molecule has 0 saturated heterocycles. The molecular weight excluding hydrogens is 192 g/mol. The Bertz CT molecular complexity index is 385. The van der Waals surface area contributed by atoms with Crippen molar-refractivity contribution >= 4 is 6.08 Å². The third-order valence-electron chi connectivity index (χ3n) is 3.42. The van der Waals surface area contributed by atoms with Crippen molar-refractivity contribution in [3.63, 3.8) is 0 Å². The Kier molecular flexibility index (Phi) is 3.82. The summed E-state index contributed by atoms with van der Waals surface area (Å²) >= 11 is 0. The van der Waals surface area contributed by atoms with Crippen molar-refractivity contribution in [2.24, 2.45) is 0 Å². The number of hydrogen-bond acceptors (Lipinski definition) is 0. The third kappa shape index (κ3) is 2.37. The van der Waals surface area contributed by atoms with Crippen molar-refractivity contribution in [3.05, 3.63) is 40.5 Å². The summed E-state index contributed by atoms with van der Waals surface area (Å²) in [5.74, 6) is 0. The predicted octanol–water partition coefficient (Wildman–Crippen LogP) is 4.77. The Morgan fingerprint density at radius 2 is 1.94 bits per heavy atom. The van der Waals surface area contributed by atoms with Crippen molar-refractivity contribution in [2.45, 2.75) is 52.4 Å². The second kappa shape index (κ2) is 5.34. The minimum absolute atomic E-state index is 1.20. The Morgan fingerprint density at radius 1 is 1.06 bits per heavy atom. The van der Waals surface area contributed by atoms with E-state index in [-0.39, 0.29) is 0 Å². The fourth-order valence-corrected chi connectivity index (χ4v) is 2.56. The van der Waals surface area contributed by atoms with E-state index in [2.05, 4.69) is 38.1 Å². The molecule has 0 heteroatoms. The first-order valence-electron chi connectivity index (χ1n) is 6.65. The molecule has 86 valence electrons. The van der Waals surface area contributed by atoms with Gasteiger partial charge < -0.3 is 0 Å². The molecule has 0 bridgehead atoms. The number of benzene rings is 1. The van der Waals surface area contributed by atoms with Crippen molar-refractivity contribution in [1.82, 2.24) is 0 Å². The molecule has 0 spiro atoms. The maximum Gasteiger partial charge on any atom is -0.00577 e. The molecule has 16 heavy (non-hydrogen) atoms. The molecule has 0 radical (unpaired) electrons. The zero-order valence-electron chi connectivity index (χ0n) is 10.6. The summed E-state index contributed by atoms with van der Waals surface area (Å²) in [6.07, 6.45) is 10.0. The van der Waals surface area contributed by atoms with Gasteiger partial charge in [0.15, 0.2) is 0 Å². The molecule has 0 aromatic heterocycles. The van der Waals surface area contributed by atoms with Crippen LogP contribution in [0.4, 0.5) is 0 Å². The maximum absolute atomic E-state index is 2.45. The molecule has 0 N–H and O–H groups in total. The molecule has 1 aliphatic carbocycles. The van der Waals surface area contributed by atoms with Gasteiger partial charge in [0, 0.05) is 0 Å². The smallest absolute Gasteiger partial charge is 0.00577 e. The molecule has 2 rings (SSSR count). The summed E-state index contributed by atoms with van der Waals surface area (Å²) in [7, 11) is 0. The molecule has 0 fully saturated rings. The molecule has 0 atom stereocenters. The molecule has 1 aromatic rings. The first-order chi connectivity index (χ1) is 7.85. The minimum Gasteiger partial charge on any atom is -0.0654 e. The lowest BCUT2D eigenvalue weighted by Crippen LogP contribution is -1.90. The van der Waals surface area contributed by atoms with E-state index in [9.17, 15) is 0 Å². The lowest BCUT2D eigenvalue weighted by Gasteiger charge is -2.05. The van der Waals surface area contributed by atoms with Crippen LogP contribution in [0.2, 0.25) is 0 Å². The number of unbranched alkanes of at least 4 members (excludes halogenated alkanes) is 1. The molecule has 0 unspecified atom stereocenters. The Morgan fingerprint density at radius 3 is 2.69 bits per heavy atom. The van der Waals surface area contributed by atoms with Crippen LogP contribution in [-0.2, 0) is 12.8 Å². The highest BCUT2D eigenvalue weighted by Gasteiger charge is 2.14. The van der Waals surface area contributed by atoms with Gasteiger partial charge >= 0.3 is 0 Å². The van der Waals surface area contributed by atoms with E-state index in [1.54, 1.807) is 16.7 Å². The van der Waals surface area contributed by atoms with Crippen LogP contribution >= 0.6 is 0 Å². The van der Waals surface area contributed by atoms with E-state index in [1.165, 1.54) is 44.1 Å². The fraction of sp³-hybridized carbons (Fsp3) is 0.500. The molecule has 0 aliphatic heterocycles. The Hall–Kier alpha value is -1.04. The van der Waals surface area contributed by atoms with Crippen LogP contribution in [-0.4, -0.2) is 0 Å². The molecule has 1 aliphatic rings. The standard InChI is InChI=1S/C16H22/c1-3-5-8-13-11-15-10-6-9-14(7-4-2)16(15)12-13/h6,9-10,12H,3-5,7-8,11H2,1-2H3. The third-order valence-corrected chi connectivity index (χ3v) is 3.42. The summed E-state index contributed by atoms with van der Waals surface area (Å²) in [5, 5.41) is 0. The first kappa shape index (κ1) is 11.4. The summed E-state index contributed by atoms with van der Waals surface area (Å²) in [6, 6.07) is 6.81. The molecular formula is C16H22. The fourth-order valence-electron chi connectivity index (χ4n) is 2.56. The molecule has 0 saturated carbocycles. The number of hydrogen-bond donors (Lipinski definition) is 0. The summed E-state index contributed by atoms with van der Waals surface area (Å²) in [5.41, 5.74) is 6.28. The van der Waals surface area contributed by atoms with Gasteiger partial charge in [-0.3, -0.25) is 0 Å². The highest BCUT2D eigenvalue weighted by Crippen LogP contribution is 2.30. The second-order valence-electron chi connectivity index (χ2n) is 4.82. The zero-order chi connectivity index (χ0) is 11.4. The quantitative estimate of drug-likeness (QED) is 0.662. The van der Waals surface area contributed by atoms with Gasteiger partial charge in [0.1, 0.15) is 0 Å². The van der Waals surface area contributed by atoms with Gasteiger partial charge in [-0.2, -0.15) is 0 Å². The van der Waals surface area contributed by atoms with Crippen molar-refractivity contribution in [1.29, 1.82) is 0 Å². The van der Waals surface area contributed by atoms with Gasteiger partial charge in [0.2, 0.25) is 0 Å². The van der Waals surface area contributed by atoms with Gasteiger partial charge in [-0.15, -0.1) is 0 Å². The maximum atomic E-state index is 2.45. The van der Waals surface area contributed by atoms with E-state index in [0.717, 1.165) is 0 Å². The number of aryl methyl sites for hydroxylation is 1.